The molecule has 0 aliphatic carbocycles. The number of ketones is 1. The van der Waals surface area contributed by atoms with Crippen LogP contribution in [0.4, 0.5) is 5.69 Å². The molecule has 0 amide bonds. The van der Waals surface area contributed by atoms with E-state index in [0.29, 0.717) is 37.4 Å². The predicted octanol–water partition coefficient (Wildman–Crippen LogP) is 1.98. The molecule has 0 bridgehead atoms. The first-order valence-corrected chi connectivity index (χ1v) is 12.0. The van der Waals surface area contributed by atoms with Crippen LogP contribution in [0.3, 0.4) is 0 Å². The minimum Gasteiger partial charge on any atom is -0.508 e. The van der Waals surface area contributed by atoms with Gasteiger partial charge in [-0.15, -0.1) is 0 Å². The van der Waals surface area contributed by atoms with Crippen LogP contribution in [0.2, 0.25) is 0 Å². The molecule has 4 aliphatic heterocycles. The fourth-order valence-electron chi connectivity index (χ4n) is 6.83. The van der Waals surface area contributed by atoms with Gasteiger partial charge in [-0.2, -0.15) is 0 Å². The lowest BCUT2D eigenvalue weighted by Crippen LogP contribution is -2.75. The molecule has 9 nitrogen and oxygen atoms in total. The highest BCUT2D eigenvalue weighted by molar-refractivity contribution is 5.96. The van der Waals surface area contributed by atoms with Crippen molar-refractivity contribution >= 4 is 11.5 Å². The fourth-order valence-corrected chi connectivity index (χ4v) is 6.83. The van der Waals surface area contributed by atoms with Gasteiger partial charge in [-0.25, -0.2) is 0 Å². The zero-order chi connectivity index (χ0) is 24.1. The lowest BCUT2D eigenvalue weighted by molar-refractivity contribution is -0.297. The minimum absolute atomic E-state index is 0.0950. The Kier molecular flexibility index (Phi) is 6.00. The third kappa shape index (κ3) is 3.17. The molecule has 5 rings (SSSR count). The van der Waals surface area contributed by atoms with E-state index in [1.165, 1.54) is 13.4 Å². The molecule has 1 aromatic rings. The molecular weight excluding hydrogens is 440 g/mol. The largest absolute Gasteiger partial charge is 0.508 e. The van der Waals surface area contributed by atoms with Crippen molar-refractivity contribution < 1.29 is 34.0 Å². The van der Waals surface area contributed by atoms with E-state index in [0.717, 1.165) is 30.8 Å². The maximum atomic E-state index is 12.7. The number of piperidine rings is 2. The van der Waals surface area contributed by atoms with Gasteiger partial charge in [0.2, 0.25) is 0 Å². The summed E-state index contributed by atoms with van der Waals surface area (Å²) in [4.78, 5) is 15.1. The van der Waals surface area contributed by atoms with E-state index in [4.69, 9.17) is 18.9 Å². The Balaban J connectivity index is 1.61. The number of hydrogen-bond donors (Lipinski definition) is 3. The molecule has 0 saturated carbocycles. The molecular formula is C25H34N2O7. The van der Waals surface area contributed by atoms with E-state index in [1.54, 1.807) is 19.2 Å². The number of ether oxygens (including phenoxy) is 4. The maximum absolute atomic E-state index is 12.7. The van der Waals surface area contributed by atoms with Crippen molar-refractivity contribution in [3.05, 3.63) is 29.5 Å². The second kappa shape index (κ2) is 8.71. The summed E-state index contributed by atoms with van der Waals surface area (Å²) in [5, 5.41) is 23.6. The molecule has 0 unspecified atom stereocenters. The Morgan fingerprint density at radius 2 is 2.12 bits per heavy atom. The summed E-state index contributed by atoms with van der Waals surface area (Å²) in [5.41, 5.74) is 0.460. The Hall–Kier alpha value is -2.33. The molecule has 4 heterocycles. The lowest BCUT2D eigenvalue weighted by Gasteiger charge is -2.61. The molecule has 34 heavy (non-hydrogen) atoms. The number of nitrogens with zero attached hydrogens (tertiary/aromatic N) is 1. The van der Waals surface area contributed by atoms with E-state index in [9.17, 15) is 15.0 Å². The molecule has 5 atom stereocenters. The van der Waals surface area contributed by atoms with Gasteiger partial charge < -0.3 is 34.5 Å². The van der Waals surface area contributed by atoms with Gasteiger partial charge in [0.15, 0.2) is 11.5 Å². The average Bonchev–Trinajstić information content (AvgIpc) is 3.16. The number of fused-ring (bicyclic) bond motifs is 2. The van der Waals surface area contributed by atoms with Crippen molar-refractivity contribution in [1.82, 2.24) is 4.90 Å². The molecule has 4 aliphatic rings. The third-order valence-electron chi connectivity index (χ3n) is 8.20. The van der Waals surface area contributed by atoms with Gasteiger partial charge in [0.25, 0.3) is 0 Å². The molecule has 0 radical (unpaired) electrons. The number of Topliss-reactive ketones (excluding diaryl/α,β-unsaturated/α-hetero) is 1. The molecule has 0 spiro atoms. The van der Waals surface area contributed by atoms with Crippen LogP contribution < -0.4 is 10.1 Å². The number of phenolic OH excluding ortho intramolecular Hbond substituents is 1. The van der Waals surface area contributed by atoms with Gasteiger partial charge in [0.05, 0.1) is 51.0 Å². The monoisotopic (exact) mass is 474 g/mol. The number of nitrogens with one attached hydrogen (secondary N) is 1. The van der Waals surface area contributed by atoms with E-state index >= 15 is 0 Å². The van der Waals surface area contributed by atoms with E-state index in [1.807, 2.05) is 0 Å². The molecule has 3 fully saturated rings. The summed E-state index contributed by atoms with van der Waals surface area (Å²) in [6.07, 6.45) is 3.74. The maximum Gasteiger partial charge on any atom is 0.188 e. The first kappa shape index (κ1) is 23.4. The minimum atomic E-state index is -0.898. The van der Waals surface area contributed by atoms with Crippen LogP contribution in [-0.4, -0.2) is 79.8 Å². The van der Waals surface area contributed by atoms with Gasteiger partial charge in [0, 0.05) is 30.8 Å². The number of aromatic hydroxyl groups is 1. The number of aliphatic hydroxyl groups excluding tert-OH is 1. The zero-order valence-corrected chi connectivity index (χ0v) is 20.0. The summed E-state index contributed by atoms with van der Waals surface area (Å²) < 4.78 is 24.2. The number of carbonyl (C=O) groups excluding carboxylic acids is 1. The number of phenols is 1. The molecule has 9 heteroatoms. The number of benzene rings is 1. The van der Waals surface area contributed by atoms with Crippen LogP contribution in [0, 0.1) is 11.8 Å². The van der Waals surface area contributed by atoms with Crippen LogP contribution in [0.15, 0.2) is 24.0 Å². The molecule has 1 aromatic carbocycles. The third-order valence-corrected chi connectivity index (χ3v) is 8.20. The Bertz CT molecular complexity index is 998. The van der Waals surface area contributed by atoms with Crippen LogP contribution in [0.1, 0.15) is 31.7 Å². The average molecular weight is 475 g/mol. The van der Waals surface area contributed by atoms with E-state index in [2.05, 4.69) is 17.1 Å². The van der Waals surface area contributed by atoms with Crippen molar-refractivity contribution in [2.24, 2.45) is 11.8 Å². The van der Waals surface area contributed by atoms with Gasteiger partial charge in [-0.1, -0.05) is 13.3 Å². The summed E-state index contributed by atoms with van der Waals surface area (Å²) in [5.74, 6) is 0.506. The lowest BCUT2D eigenvalue weighted by atomic mass is 9.66. The van der Waals surface area contributed by atoms with E-state index < -0.39 is 17.9 Å². The van der Waals surface area contributed by atoms with Gasteiger partial charge in [-0.3, -0.25) is 9.69 Å². The molecule has 3 N–H and O–H groups in total. The number of aliphatic hydroxyl groups is 1. The zero-order valence-electron chi connectivity index (χ0n) is 20.0. The van der Waals surface area contributed by atoms with Crippen molar-refractivity contribution in [3.63, 3.8) is 0 Å². The Morgan fingerprint density at radius 1 is 1.32 bits per heavy atom. The first-order valence-electron chi connectivity index (χ1n) is 12.0. The number of methoxy groups -OCH3 is 2. The van der Waals surface area contributed by atoms with Crippen molar-refractivity contribution in [2.75, 3.05) is 52.4 Å². The molecule has 186 valence electrons. The summed E-state index contributed by atoms with van der Waals surface area (Å²) in [6.45, 7) is 4.08. The number of rotatable bonds is 6. The normalized spacial score (nSPS) is 34.8. The summed E-state index contributed by atoms with van der Waals surface area (Å²) in [7, 11) is 3.12. The van der Waals surface area contributed by atoms with Crippen LogP contribution in [0.5, 0.6) is 11.5 Å². The standard InChI is InChI=1S/C25H34N2O7/c1-4-15-12-27-6-5-24-23-19(9-16(29)10-21(23)32-3)26-25(24,34-8-7-33-24)22(27)11-17(15)18(14-31-2)20(30)13-28/h9-10,14-15,17,22,26,28-29H,4-8,11-13H2,1-3H3/b18-14+/t15-,17+,22+,24+,25+/m1/s1. The van der Waals surface area contributed by atoms with Crippen LogP contribution in [-0.2, 0) is 24.6 Å². The number of anilines is 1. The quantitative estimate of drug-likeness (QED) is 0.421. The number of hydrogen-bond acceptors (Lipinski definition) is 9. The smallest absolute Gasteiger partial charge is 0.188 e. The first-order chi connectivity index (χ1) is 16.4. The second-order valence-electron chi connectivity index (χ2n) is 9.62. The molecule has 3 saturated heterocycles. The van der Waals surface area contributed by atoms with Gasteiger partial charge in [-0.05, 0) is 24.7 Å². The van der Waals surface area contributed by atoms with Crippen molar-refractivity contribution in [3.8, 4) is 11.5 Å². The predicted molar refractivity (Wildman–Crippen MR) is 124 cm³/mol. The van der Waals surface area contributed by atoms with Gasteiger partial charge >= 0.3 is 0 Å². The van der Waals surface area contributed by atoms with E-state index in [-0.39, 0.29) is 29.4 Å². The van der Waals surface area contributed by atoms with Crippen LogP contribution >= 0.6 is 0 Å². The van der Waals surface area contributed by atoms with Crippen LogP contribution in [0.25, 0.3) is 0 Å². The van der Waals surface area contributed by atoms with Crippen molar-refractivity contribution in [2.45, 2.75) is 43.6 Å². The topological polar surface area (TPSA) is 110 Å². The second-order valence-corrected chi connectivity index (χ2v) is 9.62. The Morgan fingerprint density at radius 3 is 2.82 bits per heavy atom. The summed E-state index contributed by atoms with van der Waals surface area (Å²) in [6, 6.07) is 3.20. The number of carbonyl (C=O) groups is 1. The fraction of sp³-hybridized carbons (Fsp3) is 0.640. The summed E-state index contributed by atoms with van der Waals surface area (Å²) >= 11 is 0. The Labute approximate surface area is 199 Å². The van der Waals surface area contributed by atoms with Crippen molar-refractivity contribution in [1.29, 1.82) is 0 Å². The molecule has 0 aromatic heterocycles. The highest BCUT2D eigenvalue weighted by atomic mass is 16.6. The highest BCUT2D eigenvalue weighted by Crippen LogP contribution is 2.62. The van der Waals surface area contributed by atoms with Gasteiger partial charge in [0.1, 0.15) is 23.7 Å². The highest BCUT2D eigenvalue weighted by Gasteiger charge is 2.70. The SMILES string of the molecule is CC[C@@H]1CN2CC[C@@]34OCCO[C@@]3(Nc3cc(O)cc(OC)c34)[C@@H]2C[C@@H]1/C(=C\OC)C(=O)CO.